The first-order valence-corrected chi connectivity index (χ1v) is 10.9. The SMILES string of the molecule is CC(=O)O[C@H](C1C[C@H](O)C(C)=CC1(C)C)[C@@H]1[C@]2(O)CO[C@@H]2C[C@H](O)[C@@]1(C)C(=O)[C@@H](C)O. The summed E-state index contributed by atoms with van der Waals surface area (Å²) in [4.78, 5) is 25.4. The predicted molar refractivity (Wildman–Crippen MR) is 111 cm³/mol. The molecule has 1 heterocycles. The molecule has 3 aliphatic rings. The number of aliphatic hydroxyl groups is 4. The molecule has 1 unspecified atom stereocenters. The average molecular weight is 441 g/mol. The molecule has 31 heavy (non-hydrogen) atoms. The van der Waals surface area contributed by atoms with Gasteiger partial charge in [0.25, 0.3) is 0 Å². The lowest BCUT2D eigenvalue weighted by Gasteiger charge is -2.63. The van der Waals surface area contributed by atoms with Crippen molar-refractivity contribution in [1.82, 2.24) is 0 Å². The minimum atomic E-state index is -1.58. The van der Waals surface area contributed by atoms with Gasteiger partial charge in [0.1, 0.15) is 17.8 Å². The summed E-state index contributed by atoms with van der Waals surface area (Å²) in [5.74, 6) is -2.69. The summed E-state index contributed by atoms with van der Waals surface area (Å²) in [5.41, 5.74) is -2.83. The number of Topliss-reactive ketones (excluding diaryl/α,β-unsaturated/α-hetero) is 1. The van der Waals surface area contributed by atoms with Crippen molar-refractivity contribution in [2.45, 2.75) is 90.5 Å². The average Bonchev–Trinajstić information content (AvgIpc) is 2.64. The molecule has 1 aliphatic heterocycles. The molecule has 8 heteroatoms. The third-order valence-electron chi connectivity index (χ3n) is 7.88. The molecule has 0 aromatic carbocycles. The molecule has 0 aromatic rings. The molecule has 4 N–H and O–H groups in total. The van der Waals surface area contributed by atoms with E-state index in [1.807, 2.05) is 26.8 Å². The van der Waals surface area contributed by atoms with Crippen LogP contribution in [0.2, 0.25) is 0 Å². The minimum Gasteiger partial charge on any atom is -0.462 e. The summed E-state index contributed by atoms with van der Waals surface area (Å²) in [6.07, 6.45) is -2.84. The molecular formula is C23H36O8. The fraction of sp³-hybridized carbons (Fsp3) is 0.826. The highest BCUT2D eigenvalue weighted by Crippen LogP contribution is 2.58. The molecule has 176 valence electrons. The van der Waals surface area contributed by atoms with E-state index in [2.05, 4.69) is 0 Å². The van der Waals surface area contributed by atoms with E-state index in [4.69, 9.17) is 9.47 Å². The number of carbonyl (C=O) groups excluding carboxylic acids is 2. The molecule has 8 nitrogen and oxygen atoms in total. The number of fused-ring (bicyclic) bond motifs is 1. The van der Waals surface area contributed by atoms with Crippen molar-refractivity contribution in [3.8, 4) is 0 Å². The Balaban J connectivity index is 2.19. The molecule has 2 aliphatic carbocycles. The summed E-state index contributed by atoms with van der Waals surface area (Å²) in [6.45, 7) is 9.77. The summed E-state index contributed by atoms with van der Waals surface area (Å²) in [5, 5.41) is 43.4. The molecule has 0 radical (unpaired) electrons. The van der Waals surface area contributed by atoms with Crippen LogP contribution in [0.15, 0.2) is 11.6 Å². The predicted octanol–water partition coefficient (Wildman–Crippen LogP) is 0.738. The molecule has 0 aromatic heterocycles. The van der Waals surface area contributed by atoms with Gasteiger partial charge < -0.3 is 29.9 Å². The van der Waals surface area contributed by atoms with Crippen LogP contribution in [0.1, 0.15) is 54.4 Å². The lowest BCUT2D eigenvalue weighted by Crippen LogP contribution is -2.77. The number of aliphatic hydroxyl groups excluding tert-OH is 3. The van der Waals surface area contributed by atoms with Gasteiger partial charge in [0, 0.05) is 25.2 Å². The number of esters is 1. The fourth-order valence-electron chi connectivity index (χ4n) is 6.15. The molecule has 3 rings (SSSR count). The van der Waals surface area contributed by atoms with Crippen LogP contribution in [0.3, 0.4) is 0 Å². The van der Waals surface area contributed by atoms with Crippen molar-refractivity contribution < 1.29 is 39.5 Å². The van der Waals surface area contributed by atoms with Gasteiger partial charge in [-0.05, 0) is 38.2 Å². The number of hydrogen-bond donors (Lipinski definition) is 4. The van der Waals surface area contributed by atoms with Gasteiger partial charge in [-0.25, -0.2) is 0 Å². The molecule has 0 amide bonds. The van der Waals surface area contributed by atoms with E-state index >= 15 is 0 Å². The number of ketones is 1. The minimum absolute atomic E-state index is 0.0322. The van der Waals surface area contributed by atoms with Gasteiger partial charge in [-0.15, -0.1) is 0 Å². The van der Waals surface area contributed by atoms with Crippen LogP contribution in [-0.2, 0) is 19.1 Å². The van der Waals surface area contributed by atoms with Crippen LogP contribution >= 0.6 is 0 Å². The van der Waals surface area contributed by atoms with Crippen molar-refractivity contribution >= 4 is 11.8 Å². The Labute approximate surface area is 183 Å². The second-order valence-corrected chi connectivity index (χ2v) is 10.5. The Hall–Kier alpha value is -1.32. The highest BCUT2D eigenvalue weighted by atomic mass is 16.6. The summed E-state index contributed by atoms with van der Waals surface area (Å²) in [6, 6.07) is 0. The van der Waals surface area contributed by atoms with Gasteiger partial charge in [0.2, 0.25) is 0 Å². The molecule has 9 atom stereocenters. The van der Waals surface area contributed by atoms with Crippen LogP contribution in [0.25, 0.3) is 0 Å². The van der Waals surface area contributed by atoms with Gasteiger partial charge >= 0.3 is 5.97 Å². The standard InChI is InChI=1S/C23H36O8/c1-11-9-21(4,5)14(7-15(11)26)18(31-13(3)25)19-22(6,20(28)12(2)24)16(27)8-17-23(19,29)10-30-17/h9,12,14-19,24,26-27,29H,7-8,10H2,1-6H3/t12-,14?,15+,16+,17-,18-,19+,22-,23+/m1/s1. The Kier molecular flexibility index (Phi) is 6.21. The molecule has 1 saturated carbocycles. The van der Waals surface area contributed by atoms with Crippen molar-refractivity contribution in [2.24, 2.45) is 22.7 Å². The van der Waals surface area contributed by atoms with E-state index < -0.39 is 70.5 Å². The second-order valence-electron chi connectivity index (χ2n) is 10.5. The Morgan fingerprint density at radius 1 is 1.23 bits per heavy atom. The zero-order chi connectivity index (χ0) is 23.5. The van der Waals surface area contributed by atoms with Crippen LogP contribution < -0.4 is 0 Å². The third kappa shape index (κ3) is 3.76. The molecular weight excluding hydrogens is 404 g/mol. The lowest BCUT2D eigenvalue weighted by atomic mass is 9.49. The van der Waals surface area contributed by atoms with Crippen molar-refractivity contribution in [3.05, 3.63) is 11.6 Å². The lowest BCUT2D eigenvalue weighted by molar-refractivity contribution is -0.332. The quantitative estimate of drug-likeness (QED) is 0.363. The molecule has 1 saturated heterocycles. The fourth-order valence-corrected chi connectivity index (χ4v) is 6.15. The van der Waals surface area contributed by atoms with Crippen LogP contribution in [0, 0.1) is 22.7 Å². The Bertz CT molecular complexity index is 774. The summed E-state index contributed by atoms with van der Waals surface area (Å²) in [7, 11) is 0. The van der Waals surface area contributed by atoms with E-state index in [0.29, 0.717) is 0 Å². The monoisotopic (exact) mass is 440 g/mol. The van der Waals surface area contributed by atoms with E-state index in [0.717, 1.165) is 5.57 Å². The highest BCUT2D eigenvalue weighted by molar-refractivity contribution is 5.89. The molecule has 2 fully saturated rings. The van der Waals surface area contributed by atoms with Gasteiger partial charge in [-0.1, -0.05) is 19.9 Å². The van der Waals surface area contributed by atoms with E-state index in [-0.39, 0.29) is 19.4 Å². The van der Waals surface area contributed by atoms with Gasteiger partial charge in [-0.2, -0.15) is 0 Å². The third-order valence-corrected chi connectivity index (χ3v) is 7.88. The normalized spacial score (nSPS) is 43.7. The van der Waals surface area contributed by atoms with Gasteiger partial charge in [0.05, 0.1) is 30.3 Å². The number of allylic oxidation sites excluding steroid dienone is 1. The first-order valence-electron chi connectivity index (χ1n) is 10.9. The maximum atomic E-state index is 13.2. The maximum absolute atomic E-state index is 13.2. The summed E-state index contributed by atoms with van der Waals surface area (Å²) < 4.78 is 11.3. The van der Waals surface area contributed by atoms with Crippen LogP contribution in [0.4, 0.5) is 0 Å². The zero-order valence-electron chi connectivity index (χ0n) is 19.2. The van der Waals surface area contributed by atoms with Gasteiger partial charge in [0.15, 0.2) is 5.78 Å². The first-order chi connectivity index (χ1) is 14.2. The van der Waals surface area contributed by atoms with Crippen molar-refractivity contribution in [1.29, 1.82) is 0 Å². The first kappa shape index (κ1) is 24.3. The van der Waals surface area contributed by atoms with Crippen molar-refractivity contribution in [3.63, 3.8) is 0 Å². The zero-order valence-corrected chi connectivity index (χ0v) is 19.2. The number of carbonyl (C=O) groups is 2. The smallest absolute Gasteiger partial charge is 0.302 e. The van der Waals surface area contributed by atoms with Gasteiger partial charge in [-0.3, -0.25) is 9.59 Å². The van der Waals surface area contributed by atoms with Crippen molar-refractivity contribution in [2.75, 3.05) is 6.61 Å². The largest absolute Gasteiger partial charge is 0.462 e. The number of ether oxygens (including phenoxy) is 2. The molecule has 0 spiro atoms. The Morgan fingerprint density at radius 3 is 2.32 bits per heavy atom. The van der Waals surface area contributed by atoms with E-state index in [9.17, 15) is 30.0 Å². The van der Waals surface area contributed by atoms with E-state index in [1.165, 1.54) is 20.8 Å². The number of hydrogen-bond acceptors (Lipinski definition) is 8. The Morgan fingerprint density at radius 2 is 1.84 bits per heavy atom. The topological polar surface area (TPSA) is 134 Å². The van der Waals surface area contributed by atoms with E-state index in [1.54, 1.807) is 0 Å². The summed E-state index contributed by atoms with van der Waals surface area (Å²) >= 11 is 0. The number of rotatable bonds is 5. The van der Waals surface area contributed by atoms with Crippen LogP contribution in [0.5, 0.6) is 0 Å². The molecule has 0 bridgehead atoms. The second kappa shape index (κ2) is 7.92. The van der Waals surface area contributed by atoms with Crippen LogP contribution in [-0.4, -0.2) is 74.9 Å². The maximum Gasteiger partial charge on any atom is 0.302 e. The highest BCUT2D eigenvalue weighted by Gasteiger charge is 2.71.